The fraction of sp³-hybridized carbons (Fsp3) is 0.300. The summed E-state index contributed by atoms with van der Waals surface area (Å²) < 4.78 is 17.8. The fourth-order valence-electron chi connectivity index (χ4n) is 3.18. The number of aromatic hydroxyl groups is 1. The molecule has 3 rings (SSSR count). The summed E-state index contributed by atoms with van der Waals surface area (Å²) >= 11 is 0. The number of hydrogen-bond donors (Lipinski definition) is 3. The largest absolute Gasteiger partial charge is 0.493 e. The Bertz CT molecular complexity index is 1100. The molecule has 3 aromatic rings. The predicted octanol–water partition coefficient (Wildman–Crippen LogP) is 2.62. The van der Waals surface area contributed by atoms with Gasteiger partial charge in [0.25, 0.3) is 0 Å². The number of hydrogen-bond acceptors (Lipinski definition) is 5. The summed E-state index contributed by atoms with van der Waals surface area (Å²) in [4.78, 5) is 12.7. The predicted molar refractivity (Wildman–Crippen MR) is 108 cm³/mol. The smallest absolute Gasteiger partial charge is 0.335 e. The van der Waals surface area contributed by atoms with Crippen LogP contribution in [0.15, 0.2) is 47.7 Å². The van der Waals surface area contributed by atoms with Crippen molar-refractivity contribution < 1.29 is 9.50 Å². The summed E-state index contributed by atoms with van der Waals surface area (Å²) in [6.07, 6.45) is 4.65. The lowest BCUT2D eigenvalue weighted by atomic mass is 10.00. The van der Waals surface area contributed by atoms with Crippen LogP contribution in [-0.2, 0) is 19.5 Å². The molecule has 2 aromatic heterocycles. The van der Waals surface area contributed by atoms with Gasteiger partial charge in [0, 0.05) is 24.2 Å². The quantitative estimate of drug-likeness (QED) is 0.507. The van der Waals surface area contributed by atoms with E-state index < -0.39 is 5.69 Å². The highest BCUT2D eigenvalue weighted by Gasteiger charge is 2.18. The van der Waals surface area contributed by atoms with Crippen molar-refractivity contribution in [1.29, 1.82) is 10.8 Å². The Morgan fingerprint density at radius 1 is 1.21 bits per heavy atom. The maximum atomic E-state index is 13.8. The first-order valence-corrected chi connectivity index (χ1v) is 9.15. The lowest BCUT2D eigenvalue weighted by molar-refractivity contribution is 0.440. The van der Waals surface area contributed by atoms with Crippen LogP contribution in [0.1, 0.15) is 19.4 Å². The van der Waals surface area contributed by atoms with Gasteiger partial charge in [-0.05, 0) is 31.9 Å². The van der Waals surface area contributed by atoms with Gasteiger partial charge in [-0.2, -0.15) is 5.10 Å². The fourth-order valence-corrected chi connectivity index (χ4v) is 3.18. The summed E-state index contributed by atoms with van der Waals surface area (Å²) in [5.41, 5.74) is 1.12. The molecule has 2 heterocycles. The standard InChI is InChI=1S/C20H23FN6O2/c1-13(22)17(14(2)23)11-26-10-16(9-24-26)27-19(28)12-25(20(27)29)8-7-15-5-3-4-6-18(15)21/h3-6,9-10,12,17,22-23,28H,7-8,11H2,1-2H3. The minimum Gasteiger partial charge on any atom is -0.493 e. The Morgan fingerprint density at radius 2 is 1.90 bits per heavy atom. The van der Waals surface area contributed by atoms with Crippen molar-refractivity contribution in [3.63, 3.8) is 0 Å². The Balaban J connectivity index is 1.81. The topological polar surface area (TPSA) is 113 Å². The first-order chi connectivity index (χ1) is 13.8. The molecule has 0 aliphatic carbocycles. The van der Waals surface area contributed by atoms with E-state index in [2.05, 4.69) is 5.10 Å². The summed E-state index contributed by atoms with van der Waals surface area (Å²) in [7, 11) is 0. The van der Waals surface area contributed by atoms with Gasteiger partial charge in [-0.15, -0.1) is 0 Å². The van der Waals surface area contributed by atoms with Crippen LogP contribution in [0.2, 0.25) is 0 Å². The lowest BCUT2D eigenvalue weighted by Crippen LogP contribution is -2.25. The van der Waals surface area contributed by atoms with Crippen LogP contribution in [0.5, 0.6) is 5.88 Å². The first-order valence-electron chi connectivity index (χ1n) is 9.15. The number of halogens is 1. The summed E-state index contributed by atoms with van der Waals surface area (Å²) in [6.45, 7) is 3.79. The van der Waals surface area contributed by atoms with Gasteiger partial charge in [-0.3, -0.25) is 9.25 Å². The molecule has 0 saturated carbocycles. The lowest BCUT2D eigenvalue weighted by Gasteiger charge is -2.14. The molecule has 0 saturated heterocycles. The Morgan fingerprint density at radius 3 is 2.55 bits per heavy atom. The number of imidazole rings is 1. The van der Waals surface area contributed by atoms with Crippen LogP contribution < -0.4 is 5.69 Å². The molecule has 0 aliphatic heterocycles. The molecule has 0 bridgehead atoms. The molecular weight excluding hydrogens is 375 g/mol. The van der Waals surface area contributed by atoms with Crippen molar-refractivity contribution in [2.45, 2.75) is 33.4 Å². The molecule has 0 fully saturated rings. The van der Waals surface area contributed by atoms with Crippen LogP contribution in [-0.4, -0.2) is 35.4 Å². The van der Waals surface area contributed by atoms with E-state index in [4.69, 9.17) is 10.8 Å². The molecule has 0 unspecified atom stereocenters. The average molecular weight is 398 g/mol. The van der Waals surface area contributed by atoms with Gasteiger partial charge < -0.3 is 15.9 Å². The maximum Gasteiger partial charge on any atom is 0.335 e. The van der Waals surface area contributed by atoms with Gasteiger partial charge >= 0.3 is 5.69 Å². The highest BCUT2D eigenvalue weighted by molar-refractivity contribution is 6.02. The zero-order valence-electron chi connectivity index (χ0n) is 16.3. The summed E-state index contributed by atoms with van der Waals surface area (Å²) in [5.74, 6) is -0.951. The normalized spacial score (nSPS) is 12.1. The van der Waals surface area contributed by atoms with E-state index in [0.717, 1.165) is 4.57 Å². The van der Waals surface area contributed by atoms with Crippen molar-refractivity contribution in [3.05, 3.63) is 64.7 Å². The second-order valence-electron chi connectivity index (χ2n) is 6.98. The molecule has 8 nitrogen and oxygen atoms in total. The van der Waals surface area contributed by atoms with E-state index in [-0.39, 0.29) is 24.2 Å². The van der Waals surface area contributed by atoms with Crippen LogP contribution in [0, 0.1) is 22.6 Å². The third-order valence-corrected chi connectivity index (χ3v) is 4.81. The highest BCUT2D eigenvalue weighted by atomic mass is 19.1. The molecule has 0 amide bonds. The van der Waals surface area contributed by atoms with E-state index >= 15 is 0 Å². The number of rotatable bonds is 8. The molecule has 1 aromatic carbocycles. The Kier molecular flexibility index (Phi) is 5.76. The maximum absolute atomic E-state index is 13.8. The van der Waals surface area contributed by atoms with E-state index in [1.54, 1.807) is 42.9 Å². The number of aromatic nitrogens is 4. The molecule has 0 spiro atoms. The molecule has 3 N–H and O–H groups in total. The highest BCUT2D eigenvalue weighted by Crippen LogP contribution is 2.16. The van der Waals surface area contributed by atoms with Crippen molar-refractivity contribution in [2.24, 2.45) is 5.92 Å². The second kappa shape index (κ2) is 8.26. The van der Waals surface area contributed by atoms with Gasteiger partial charge in [-0.1, -0.05) is 18.2 Å². The average Bonchev–Trinajstić information content (AvgIpc) is 3.22. The molecule has 0 atom stereocenters. The van der Waals surface area contributed by atoms with Gasteiger partial charge in [0.2, 0.25) is 5.88 Å². The van der Waals surface area contributed by atoms with E-state index in [9.17, 15) is 14.3 Å². The van der Waals surface area contributed by atoms with Crippen molar-refractivity contribution in [1.82, 2.24) is 18.9 Å². The zero-order valence-corrected chi connectivity index (χ0v) is 16.3. The molecule has 0 aliphatic rings. The summed E-state index contributed by atoms with van der Waals surface area (Å²) in [6, 6.07) is 6.37. The number of benzene rings is 1. The molecule has 152 valence electrons. The van der Waals surface area contributed by atoms with Crippen LogP contribution in [0.3, 0.4) is 0 Å². The molecule has 0 radical (unpaired) electrons. The van der Waals surface area contributed by atoms with Crippen molar-refractivity contribution >= 4 is 11.4 Å². The van der Waals surface area contributed by atoms with Gasteiger partial charge in [0.1, 0.15) is 5.82 Å². The van der Waals surface area contributed by atoms with E-state index in [1.165, 1.54) is 23.0 Å². The van der Waals surface area contributed by atoms with Crippen molar-refractivity contribution in [3.8, 4) is 11.6 Å². The van der Waals surface area contributed by atoms with Crippen LogP contribution >= 0.6 is 0 Å². The zero-order chi connectivity index (χ0) is 21.1. The number of nitrogens with one attached hydrogen (secondary N) is 2. The molecular formula is C20H23FN6O2. The minimum atomic E-state index is -0.457. The van der Waals surface area contributed by atoms with Gasteiger partial charge in [0.15, 0.2) is 0 Å². The molecule has 9 heteroatoms. The van der Waals surface area contributed by atoms with Crippen LogP contribution in [0.25, 0.3) is 5.69 Å². The first kappa shape index (κ1) is 20.2. The molecule has 29 heavy (non-hydrogen) atoms. The van der Waals surface area contributed by atoms with Crippen LogP contribution in [0.4, 0.5) is 4.39 Å². The third-order valence-electron chi connectivity index (χ3n) is 4.81. The Hall–Kier alpha value is -3.49. The number of aryl methyl sites for hydroxylation is 2. The van der Waals surface area contributed by atoms with Crippen molar-refractivity contribution in [2.75, 3.05) is 0 Å². The van der Waals surface area contributed by atoms with Gasteiger partial charge in [-0.25, -0.2) is 13.8 Å². The van der Waals surface area contributed by atoms with Gasteiger partial charge in [0.05, 0.1) is 30.5 Å². The monoisotopic (exact) mass is 398 g/mol. The number of nitrogens with zero attached hydrogens (tertiary/aromatic N) is 4. The minimum absolute atomic E-state index is 0.219. The Labute approximate surface area is 166 Å². The summed E-state index contributed by atoms with van der Waals surface area (Å²) in [5, 5.41) is 30.0. The third kappa shape index (κ3) is 4.34. The van der Waals surface area contributed by atoms with E-state index in [0.29, 0.717) is 35.6 Å². The second-order valence-corrected chi connectivity index (χ2v) is 6.98. The SMILES string of the molecule is CC(=N)C(Cn1cc(-n2c(O)cn(CCc3ccccc3F)c2=O)cn1)C(C)=N. The van der Waals surface area contributed by atoms with E-state index in [1.807, 2.05) is 0 Å².